The first-order valence-electron chi connectivity index (χ1n) is 6.77. The van der Waals surface area contributed by atoms with Crippen molar-refractivity contribution in [3.63, 3.8) is 0 Å². The highest BCUT2D eigenvalue weighted by Crippen LogP contribution is 2.15. The number of amides is 2. The van der Waals surface area contributed by atoms with E-state index in [9.17, 15) is 4.79 Å². The summed E-state index contributed by atoms with van der Waals surface area (Å²) in [6.45, 7) is 5.96. The van der Waals surface area contributed by atoms with E-state index in [-0.39, 0.29) is 6.03 Å². The Kier molecular flexibility index (Phi) is 6.34. The predicted octanol–water partition coefficient (Wildman–Crippen LogP) is 1.77. The third-order valence-electron chi connectivity index (χ3n) is 3.25. The van der Waals surface area contributed by atoms with Crippen molar-refractivity contribution in [3.05, 3.63) is 0 Å². The lowest BCUT2D eigenvalue weighted by Gasteiger charge is -2.30. The van der Waals surface area contributed by atoms with Gasteiger partial charge in [-0.15, -0.1) is 0 Å². The van der Waals surface area contributed by atoms with Crippen molar-refractivity contribution in [3.8, 4) is 0 Å². The lowest BCUT2D eigenvalue weighted by Crippen LogP contribution is -2.45. The van der Waals surface area contributed by atoms with E-state index in [2.05, 4.69) is 31.2 Å². The number of likely N-dealkylation sites (tertiary alicyclic amines) is 1. The Morgan fingerprint density at radius 3 is 2.82 bits per heavy atom. The highest BCUT2D eigenvalue weighted by Gasteiger charge is 2.20. The first kappa shape index (κ1) is 14.3. The molecule has 0 saturated carbocycles. The van der Waals surface area contributed by atoms with Crippen molar-refractivity contribution in [2.45, 2.75) is 32.6 Å². The maximum atomic E-state index is 11.8. The number of carbonyl (C=O) groups excluding carboxylic acids is 1. The number of hydrogen-bond donors (Lipinski definition) is 1. The van der Waals surface area contributed by atoms with Gasteiger partial charge in [0.15, 0.2) is 0 Å². The van der Waals surface area contributed by atoms with Crippen LogP contribution in [0, 0.1) is 5.92 Å². The van der Waals surface area contributed by atoms with E-state index in [1.165, 1.54) is 6.42 Å². The lowest BCUT2D eigenvalue weighted by molar-refractivity contribution is 0.169. The van der Waals surface area contributed by atoms with Gasteiger partial charge in [-0.1, -0.05) is 6.92 Å². The lowest BCUT2D eigenvalue weighted by atomic mass is 10.0. The third-order valence-corrected chi connectivity index (χ3v) is 3.25. The largest absolute Gasteiger partial charge is 0.338 e. The van der Waals surface area contributed by atoms with Gasteiger partial charge in [0.1, 0.15) is 0 Å². The Morgan fingerprint density at radius 2 is 2.18 bits per heavy atom. The summed E-state index contributed by atoms with van der Waals surface area (Å²) in [4.78, 5) is 16.0. The van der Waals surface area contributed by atoms with Crippen molar-refractivity contribution in [1.29, 1.82) is 0 Å². The summed E-state index contributed by atoms with van der Waals surface area (Å²) >= 11 is 0. The molecule has 1 aliphatic rings. The van der Waals surface area contributed by atoms with Crippen LogP contribution in [0.15, 0.2) is 0 Å². The molecule has 0 radical (unpaired) electrons. The summed E-state index contributed by atoms with van der Waals surface area (Å²) in [7, 11) is 4.15. The second-order valence-electron chi connectivity index (χ2n) is 5.44. The molecule has 2 amide bonds. The number of piperidine rings is 1. The molecule has 1 saturated heterocycles. The van der Waals surface area contributed by atoms with E-state index in [0.717, 1.165) is 45.4 Å². The smallest absolute Gasteiger partial charge is 0.317 e. The summed E-state index contributed by atoms with van der Waals surface area (Å²) in [5.41, 5.74) is 0. The summed E-state index contributed by atoms with van der Waals surface area (Å²) < 4.78 is 0. The van der Waals surface area contributed by atoms with Gasteiger partial charge < -0.3 is 15.1 Å². The van der Waals surface area contributed by atoms with Crippen molar-refractivity contribution in [2.75, 3.05) is 40.3 Å². The Labute approximate surface area is 105 Å². The Hall–Kier alpha value is -0.770. The summed E-state index contributed by atoms with van der Waals surface area (Å²) in [5, 5.41) is 3.02. The number of hydrogen-bond acceptors (Lipinski definition) is 2. The molecule has 0 aromatic heterocycles. The Bertz CT molecular complexity index is 231. The molecule has 1 unspecified atom stereocenters. The zero-order valence-electron chi connectivity index (χ0n) is 11.5. The van der Waals surface area contributed by atoms with Crippen molar-refractivity contribution in [1.82, 2.24) is 15.1 Å². The Morgan fingerprint density at radius 1 is 1.41 bits per heavy atom. The minimum absolute atomic E-state index is 0.126. The molecule has 4 heteroatoms. The highest BCUT2D eigenvalue weighted by molar-refractivity contribution is 5.74. The van der Waals surface area contributed by atoms with E-state index in [1.54, 1.807) is 0 Å². The zero-order chi connectivity index (χ0) is 12.7. The third kappa shape index (κ3) is 5.91. The second kappa shape index (κ2) is 7.54. The normalized spacial score (nSPS) is 20.7. The molecule has 0 aromatic carbocycles. The van der Waals surface area contributed by atoms with E-state index in [4.69, 9.17) is 0 Å². The van der Waals surface area contributed by atoms with E-state index in [0.29, 0.717) is 5.92 Å². The van der Waals surface area contributed by atoms with Crippen molar-refractivity contribution >= 4 is 6.03 Å². The van der Waals surface area contributed by atoms with Gasteiger partial charge in [0, 0.05) is 19.6 Å². The van der Waals surface area contributed by atoms with Crippen LogP contribution < -0.4 is 5.32 Å². The first-order chi connectivity index (χ1) is 8.09. The molecular formula is C13H27N3O. The molecule has 0 bridgehead atoms. The molecule has 1 fully saturated rings. The van der Waals surface area contributed by atoms with Crippen molar-refractivity contribution in [2.24, 2.45) is 5.92 Å². The fraction of sp³-hybridized carbons (Fsp3) is 0.923. The fourth-order valence-electron chi connectivity index (χ4n) is 2.23. The molecule has 1 heterocycles. The van der Waals surface area contributed by atoms with Crippen LogP contribution in [0.2, 0.25) is 0 Å². The van der Waals surface area contributed by atoms with E-state index < -0.39 is 0 Å². The molecule has 1 rings (SSSR count). The molecule has 1 N–H and O–H groups in total. The van der Waals surface area contributed by atoms with Gasteiger partial charge in [-0.3, -0.25) is 0 Å². The van der Waals surface area contributed by atoms with Crippen LogP contribution in [0.25, 0.3) is 0 Å². The van der Waals surface area contributed by atoms with Crippen LogP contribution in [0.3, 0.4) is 0 Å². The van der Waals surface area contributed by atoms with E-state index >= 15 is 0 Å². The van der Waals surface area contributed by atoms with Gasteiger partial charge in [-0.2, -0.15) is 0 Å². The Balaban J connectivity index is 2.08. The summed E-state index contributed by atoms with van der Waals surface area (Å²) in [5.74, 6) is 0.656. The van der Waals surface area contributed by atoms with E-state index in [1.807, 2.05) is 4.90 Å². The average molecular weight is 241 g/mol. The number of unbranched alkanes of at least 4 members (excludes halogenated alkanes) is 1. The van der Waals surface area contributed by atoms with Gasteiger partial charge in [0.05, 0.1) is 0 Å². The van der Waals surface area contributed by atoms with Gasteiger partial charge in [-0.05, 0) is 52.2 Å². The number of carbonyl (C=O) groups is 1. The highest BCUT2D eigenvalue weighted by atomic mass is 16.2. The van der Waals surface area contributed by atoms with Crippen LogP contribution in [-0.2, 0) is 0 Å². The van der Waals surface area contributed by atoms with Crippen LogP contribution in [0.4, 0.5) is 4.79 Å². The zero-order valence-corrected chi connectivity index (χ0v) is 11.5. The SMILES string of the molecule is CC1CCCN(C(=O)NCCCCN(C)C)C1. The maximum absolute atomic E-state index is 11.8. The quantitative estimate of drug-likeness (QED) is 0.745. The fourth-order valence-corrected chi connectivity index (χ4v) is 2.23. The average Bonchev–Trinajstić information content (AvgIpc) is 2.28. The van der Waals surface area contributed by atoms with Crippen LogP contribution in [0.5, 0.6) is 0 Å². The van der Waals surface area contributed by atoms with Crippen molar-refractivity contribution < 1.29 is 4.79 Å². The van der Waals surface area contributed by atoms with Gasteiger partial charge in [0.2, 0.25) is 0 Å². The molecule has 0 spiro atoms. The van der Waals surface area contributed by atoms with Gasteiger partial charge in [0.25, 0.3) is 0 Å². The molecular weight excluding hydrogens is 214 g/mol. The van der Waals surface area contributed by atoms with Crippen LogP contribution >= 0.6 is 0 Å². The maximum Gasteiger partial charge on any atom is 0.317 e. The van der Waals surface area contributed by atoms with Gasteiger partial charge >= 0.3 is 6.03 Å². The van der Waals surface area contributed by atoms with Crippen LogP contribution in [-0.4, -0.2) is 56.1 Å². The predicted molar refractivity (Wildman–Crippen MR) is 71.2 cm³/mol. The second-order valence-corrected chi connectivity index (χ2v) is 5.44. The summed E-state index contributed by atoms with van der Waals surface area (Å²) in [6.07, 6.45) is 4.61. The number of nitrogens with one attached hydrogen (secondary N) is 1. The molecule has 17 heavy (non-hydrogen) atoms. The molecule has 0 aliphatic carbocycles. The minimum Gasteiger partial charge on any atom is -0.338 e. The number of nitrogens with zero attached hydrogens (tertiary/aromatic N) is 2. The molecule has 0 aromatic rings. The van der Waals surface area contributed by atoms with Crippen LogP contribution in [0.1, 0.15) is 32.6 Å². The summed E-state index contributed by atoms with van der Waals surface area (Å²) in [6, 6.07) is 0.126. The number of rotatable bonds is 5. The molecule has 1 atom stereocenters. The topological polar surface area (TPSA) is 35.6 Å². The standard InChI is InChI=1S/C13H27N3O/c1-12-7-6-10-16(11-12)13(17)14-8-4-5-9-15(2)3/h12H,4-11H2,1-3H3,(H,14,17). The first-order valence-corrected chi connectivity index (χ1v) is 6.77. The minimum atomic E-state index is 0.126. The van der Waals surface area contributed by atoms with Gasteiger partial charge in [-0.25, -0.2) is 4.79 Å². The molecule has 100 valence electrons. The molecule has 1 aliphatic heterocycles. The molecule has 4 nitrogen and oxygen atoms in total. The monoisotopic (exact) mass is 241 g/mol. The number of urea groups is 1.